The van der Waals surface area contributed by atoms with Crippen molar-refractivity contribution >= 4 is 11.8 Å². The number of hydrogen-bond acceptors (Lipinski definition) is 2. The van der Waals surface area contributed by atoms with E-state index in [4.69, 9.17) is 0 Å². The Hall–Kier alpha value is -1.71. The van der Waals surface area contributed by atoms with E-state index in [1.54, 1.807) is 26.0 Å². The minimum absolute atomic E-state index is 0.0777. The first-order valence-corrected chi connectivity index (χ1v) is 5.04. The normalized spacial score (nSPS) is 24.7. The molecule has 0 saturated carbocycles. The molecule has 1 unspecified atom stereocenters. The Morgan fingerprint density at radius 2 is 2.06 bits per heavy atom. The standard InChI is InChI=1S/C12H12FNO2/c1-7-3-4-8(5-9(7)13)12(2)6-10(15)14-11(12)16/h3-5H,6H2,1-2H3,(H,14,15,16). The van der Waals surface area contributed by atoms with E-state index < -0.39 is 5.41 Å². The Bertz CT molecular complexity index is 484. The fourth-order valence-electron chi connectivity index (χ4n) is 1.88. The molecule has 2 rings (SSSR count). The molecule has 0 bridgehead atoms. The number of nitrogens with one attached hydrogen (secondary N) is 1. The third kappa shape index (κ3) is 1.50. The number of imide groups is 1. The number of amides is 2. The second-order valence-corrected chi connectivity index (χ2v) is 4.35. The van der Waals surface area contributed by atoms with Gasteiger partial charge in [-0.25, -0.2) is 4.39 Å². The SMILES string of the molecule is Cc1ccc(C2(C)CC(=O)NC2=O)cc1F. The van der Waals surface area contributed by atoms with Gasteiger partial charge in [0.05, 0.1) is 5.41 Å². The summed E-state index contributed by atoms with van der Waals surface area (Å²) >= 11 is 0. The van der Waals surface area contributed by atoms with Crippen molar-refractivity contribution in [3.8, 4) is 0 Å². The van der Waals surface area contributed by atoms with Crippen LogP contribution in [-0.4, -0.2) is 11.8 Å². The summed E-state index contributed by atoms with van der Waals surface area (Å²) in [5, 5.41) is 2.24. The number of carbonyl (C=O) groups excluding carboxylic acids is 2. The molecular formula is C12H12FNO2. The van der Waals surface area contributed by atoms with Crippen LogP contribution in [0.3, 0.4) is 0 Å². The molecule has 1 saturated heterocycles. The quantitative estimate of drug-likeness (QED) is 0.729. The maximum atomic E-state index is 13.4. The minimum atomic E-state index is -0.939. The lowest BCUT2D eigenvalue weighted by atomic mass is 9.80. The average Bonchev–Trinajstić information content (AvgIpc) is 2.46. The monoisotopic (exact) mass is 221 g/mol. The van der Waals surface area contributed by atoms with Crippen LogP contribution in [0.25, 0.3) is 0 Å². The molecule has 0 spiro atoms. The molecule has 1 aliphatic rings. The highest BCUT2D eigenvalue weighted by Crippen LogP contribution is 2.32. The van der Waals surface area contributed by atoms with Crippen LogP contribution in [0.15, 0.2) is 18.2 Å². The van der Waals surface area contributed by atoms with Gasteiger partial charge in [-0.05, 0) is 31.0 Å². The van der Waals surface area contributed by atoms with Gasteiger partial charge in [-0.3, -0.25) is 14.9 Å². The second-order valence-electron chi connectivity index (χ2n) is 4.35. The van der Waals surface area contributed by atoms with Crippen molar-refractivity contribution in [1.29, 1.82) is 0 Å². The molecule has 16 heavy (non-hydrogen) atoms. The second kappa shape index (κ2) is 3.40. The van der Waals surface area contributed by atoms with E-state index in [1.165, 1.54) is 6.07 Å². The van der Waals surface area contributed by atoms with E-state index in [0.717, 1.165) is 0 Å². The lowest BCUT2D eigenvalue weighted by Crippen LogP contribution is -2.32. The summed E-state index contributed by atoms with van der Waals surface area (Å²) in [5.41, 5.74) is 0.127. The highest BCUT2D eigenvalue weighted by Gasteiger charge is 2.44. The lowest BCUT2D eigenvalue weighted by Gasteiger charge is -2.20. The van der Waals surface area contributed by atoms with Crippen molar-refractivity contribution in [2.45, 2.75) is 25.7 Å². The first kappa shape index (κ1) is 10.8. The Morgan fingerprint density at radius 1 is 1.38 bits per heavy atom. The Morgan fingerprint density at radius 3 is 2.56 bits per heavy atom. The molecule has 84 valence electrons. The van der Waals surface area contributed by atoms with Crippen LogP contribution < -0.4 is 5.32 Å². The van der Waals surface area contributed by atoms with E-state index in [9.17, 15) is 14.0 Å². The summed E-state index contributed by atoms with van der Waals surface area (Å²) in [7, 11) is 0. The largest absolute Gasteiger partial charge is 0.296 e. The van der Waals surface area contributed by atoms with E-state index >= 15 is 0 Å². The zero-order valence-electron chi connectivity index (χ0n) is 9.13. The predicted molar refractivity (Wildman–Crippen MR) is 56.3 cm³/mol. The zero-order chi connectivity index (χ0) is 11.9. The van der Waals surface area contributed by atoms with Gasteiger partial charge >= 0.3 is 0 Å². The average molecular weight is 221 g/mol. The van der Waals surface area contributed by atoms with Crippen LogP contribution >= 0.6 is 0 Å². The van der Waals surface area contributed by atoms with Crippen LogP contribution in [0.1, 0.15) is 24.5 Å². The van der Waals surface area contributed by atoms with Gasteiger partial charge in [0, 0.05) is 6.42 Å². The van der Waals surface area contributed by atoms with E-state index in [2.05, 4.69) is 5.32 Å². The molecule has 1 aliphatic heterocycles. The van der Waals surface area contributed by atoms with Gasteiger partial charge in [-0.2, -0.15) is 0 Å². The van der Waals surface area contributed by atoms with Crippen molar-refractivity contribution in [2.75, 3.05) is 0 Å². The molecule has 4 heteroatoms. The van der Waals surface area contributed by atoms with Gasteiger partial charge in [0.1, 0.15) is 5.82 Å². The first-order chi connectivity index (χ1) is 7.43. The van der Waals surface area contributed by atoms with Gasteiger partial charge < -0.3 is 0 Å². The maximum absolute atomic E-state index is 13.4. The highest BCUT2D eigenvalue weighted by molar-refractivity contribution is 6.08. The van der Waals surface area contributed by atoms with Crippen molar-refractivity contribution in [3.63, 3.8) is 0 Å². The number of halogens is 1. The predicted octanol–water partition coefficient (Wildman–Crippen LogP) is 1.44. The number of aryl methyl sites for hydroxylation is 1. The van der Waals surface area contributed by atoms with Gasteiger partial charge in [-0.1, -0.05) is 12.1 Å². The smallest absolute Gasteiger partial charge is 0.237 e. The van der Waals surface area contributed by atoms with Crippen molar-refractivity contribution < 1.29 is 14.0 Å². The Labute approximate surface area is 92.7 Å². The van der Waals surface area contributed by atoms with Crippen LogP contribution in [0.4, 0.5) is 4.39 Å². The van der Waals surface area contributed by atoms with E-state index in [0.29, 0.717) is 11.1 Å². The molecule has 1 aromatic rings. The summed E-state index contributed by atoms with van der Waals surface area (Å²) in [4.78, 5) is 22.8. The molecule has 0 aromatic heterocycles. The van der Waals surface area contributed by atoms with E-state index in [1.807, 2.05) is 0 Å². The zero-order valence-corrected chi connectivity index (χ0v) is 9.13. The van der Waals surface area contributed by atoms with Crippen LogP contribution in [-0.2, 0) is 15.0 Å². The maximum Gasteiger partial charge on any atom is 0.237 e. The van der Waals surface area contributed by atoms with Gasteiger partial charge in [0.25, 0.3) is 0 Å². The fourth-order valence-corrected chi connectivity index (χ4v) is 1.88. The van der Waals surface area contributed by atoms with Crippen LogP contribution in [0.2, 0.25) is 0 Å². The molecule has 1 aromatic carbocycles. The highest BCUT2D eigenvalue weighted by atomic mass is 19.1. The first-order valence-electron chi connectivity index (χ1n) is 5.04. The van der Waals surface area contributed by atoms with Crippen molar-refractivity contribution in [3.05, 3.63) is 35.1 Å². The lowest BCUT2D eigenvalue weighted by molar-refractivity contribution is -0.126. The molecule has 1 fully saturated rings. The molecular weight excluding hydrogens is 209 g/mol. The van der Waals surface area contributed by atoms with E-state index in [-0.39, 0.29) is 24.1 Å². The molecule has 2 amide bonds. The number of benzene rings is 1. The molecule has 1 N–H and O–H groups in total. The van der Waals surface area contributed by atoms with Crippen molar-refractivity contribution in [1.82, 2.24) is 5.32 Å². The molecule has 1 atom stereocenters. The van der Waals surface area contributed by atoms with Crippen LogP contribution in [0.5, 0.6) is 0 Å². The van der Waals surface area contributed by atoms with Gasteiger partial charge in [-0.15, -0.1) is 0 Å². The summed E-state index contributed by atoms with van der Waals surface area (Å²) < 4.78 is 13.4. The summed E-state index contributed by atoms with van der Waals surface area (Å²) in [6, 6.07) is 4.64. The number of hydrogen-bond donors (Lipinski definition) is 1. The van der Waals surface area contributed by atoms with Crippen molar-refractivity contribution in [2.24, 2.45) is 0 Å². The number of rotatable bonds is 1. The molecule has 3 nitrogen and oxygen atoms in total. The molecule has 0 aliphatic carbocycles. The Balaban J connectivity index is 2.47. The minimum Gasteiger partial charge on any atom is -0.296 e. The summed E-state index contributed by atoms with van der Waals surface area (Å²) in [6.07, 6.45) is 0.0777. The fraction of sp³-hybridized carbons (Fsp3) is 0.333. The third-order valence-electron chi connectivity index (χ3n) is 3.08. The van der Waals surface area contributed by atoms with Gasteiger partial charge in [0.15, 0.2) is 0 Å². The van der Waals surface area contributed by atoms with Gasteiger partial charge in [0.2, 0.25) is 11.8 Å². The third-order valence-corrected chi connectivity index (χ3v) is 3.08. The topological polar surface area (TPSA) is 46.2 Å². The number of carbonyl (C=O) groups is 2. The van der Waals surface area contributed by atoms with Crippen LogP contribution in [0, 0.1) is 12.7 Å². The summed E-state index contributed by atoms with van der Waals surface area (Å²) in [6.45, 7) is 3.30. The molecule has 0 radical (unpaired) electrons. The summed E-state index contributed by atoms with van der Waals surface area (Å²) in [5.74, 6) is -1.03. The molecule has 1 heterocycles. The Kier molecular flexibility index (Phi) is 2.30.